The van der Waals surface area contributed by atoms with Gasteiger partial charge in [0.1, 0.15) is 5.75 Å². The molecule has 0 amide bonds. The Morgan fingerprint density at radius 2 is 1.32 bits per heavy atom. The molecule has 0 aliphatic carbocycles. The van der Waals surface area contributed by atoms with Crippen molar-refractivity contribution >= 4 is 0 Å². The van der Waals surface area contributed by atoms with Crippen LogP contribution in [-0.4, -0.2) is 28.4 Å². The molecule has 31 heavy (non-hydrogen) atoms. The third-order valence-electron chi connectivity index (χ3n) is 5.64. The second-order valence-corrected chi connectivity index (χ2v) is 7.42. The maximum Gasteiger partial charge on any atom is 0.203 e. The van der Waals surface area contributed by atoms with Gasteiger partial charge in [-0.15, -0.1) is 0 Å². The first-order chi connectivity index (χ1) is 15.1. The van der Waals surface area contributed by atoms with Crippen LogP contribution in [0.1, 0.15) is 30.0 Å². The normalized spacial score (nSPS) is 10.6. The second-order valence-electron chi connectivity index (χ2n) is 7.42. The Kier molecular flexibility index (Phi) is 7.82. The minimum Gasteiger partial charge on any atom is -0.497 e. The third kappa shape index (κ3) is 5.13. The average molecular weight is 421 g/mol. The Hall–Kier alpha value is -3.14. The standard InChI is InChI=1S/C27H32O4/c1-6-20-10-8-12-21(11-7-9-19-13-15-23(28-2)16-14-19)26(20)22-17-24(29-3)27(31-5)25(18-22)30-4/h8,10,12-18H,6-7,9,11H2,1-5H3. The first kappa shape index (κ1) is 22.5. The van der Waals surface area contributed by atoms with Gasteiger partial charge in [0.2, 0.25) is 5.75 Å². The molecule has 3 aromatic rings. The molecule has 0 saturated carbocycles. The number of rotatable bonds is 10. The predicted molar refractivity (Wildman–Crippen MR) is 126 cm³/mol. The van der Waals surface area contributed by atoms with Crippen molar-refractivity contribution in [3.05, 3.63) is 71.3 Å². The minimum atomic E-state index is 0.615. The molecule has 4 nitrogen and oxygen atoms in total. The van der Waals surface area contributed by atoms with E-state index in [0.29, 0.717) is 17.2 Å². The van der Waals surface area contributed by atoms with Crippen molar-refractivity contribution in [2.75, 3.05) is 28.4 Å². The summed E-state index contributed by atoms with van der Waals surface area (Å²) in [5.41, 5.74) is 6.32. The van der Waals surface area contributed by atoms with E-state index >= 15 is 0 Å². The van der Waals surface area contributed by atoms with Crippen LogP contribution in [0.15, 0.2) is 54.6 Å². The van der Waals surface area contributed by atoms with E-state index in [0.717, 1.165) is 37.0 Å². The van der Waals surface area contributed by atoms with E-state index in [9.17, 15) is 0 Å². The lowest BCUT2D eigenvalue weighted by molar-refractivity contribution is 0.324. The Labute approximate surface area is 185 Å². The van der Waals surface area contributed by atoms with Gasteiger partial charge in [-0.05, 0) is 77.8 Å². The molecule has 0 N–H and O–H groups in total. The molecule has 164 valence electrons. The van der Waals surface area contributed by atoms with E-state index in [2.05, 4.69) is 37.3 Å². The molecule has 0 fully saturated rings. The monoisotopic (exact) mass is 420 g/mol. The lowest BCUT2D eigenvalue weighted by Gasteiger charge is -2.18. The van der Waals surface area contributed by atoms with Crippen molar-refractivity contribution in [1.82, 2.24) is 0 Å². The van der Waals surface area contributed by atoms with Crippen LogP contribution >= 0.6 is 0 Å². The molecule has 0 spiro atoms. The quantitative estimate of drug-likeness (QED) is 0.396. The Morgan fingerprint density at radius 1 is 0.677 bits per heavy atom. The predicted octanol–water partition coefficient (Wildman–Crippen LogP) is 6.13. The van der Waals surface area contributed by atoms with Crippen LogP contribution in [-0.2, 0) is 19.3 Å². The topological polar surface area (TPSA) is 36.9 Å². The second kappa shape index (κ2) is 10.8. The fourth-order valence-corrected chi connectivity index (χ4v) is 4.03. The summed E-state index contributed by atoms with van der Waals surface area (Å²) in [6.07, 6.45) is 4.04. The van der Waals surface area contributed by atoms with Crippen molar-refractivity contribution in [3.8, 4) is 34.1 Å². The molecule has 0 saturated heterocycles. The van der Waals surface area contributed by atoms with Crippen LogP contribution in [0.3, 0.4) is 0 Å². The number of hydrogen-bond donors (Lipinski definition) is 0. The van der Waals surface area contributed by atoms with Crippen LogP contribution in [0.2, 0.25) is 0 Å². The highest BCUT2D eigenvalue weighted by molar-refractivity contribution is 5.76. The highest BCUT2D eigenvalue weighted by atomic mass is 16.5. The third-order valence-corrected chi connectivity index (χ3v) is 5.64. The van der Waals surface area contributed by atoms with Gasteiger partial charge in [-0.3, -0.25) is 0 Å². The summed E-state index contributed by atoms with van der Waals surface area (Å²) < 4.78 is 22.0. The zero-order valence-electron chi connectivity index (χ0n) is 19.2. The summed E-state index contributed by atoms with van der Waals surface area (Å²) in [7, 11) is 6.64. The first-order valence-electron chi connectivity index (χ1n) is 10.7. The molecular formula is C27H32O4. The van der Waals surface area contributed by atoms with E-state index in [-0.39, 0.29) is 0 Å². The van der Waals surface area contributed by atoms with Crippen LogP contribution in [0.25, 0.3) is 11.1 Å². The molecule has 3 rings (SSSR count). The zero-order valence-corrected chi connectivity index (χ0v) is 19.2. The van der Waals surface area contributed by atoms with E-state index < -0.39 is 0 Å². The van der Waals surface area contributed by atoms with Crippen LogP contribution < -0.4 is 18.9 Å². The molecule has 0 bridgehead atoms. The highest BCUT2D eigenvalue weighted by Gasteiger charge is 2.17. The van der Waals surface area contributed by atoms with Crippen LogP contribution in [0.4, 0.5) is 0 Å². The summed E-state index contributed by atoms with van der Waals surface area (Å²) in [6.45, 7) is 2.19. The average Bonchev–Trinajstić information content (AvgIpc) is 2.83. The van der Waals surface area contributed by atoms with Crippen LogP contribution in [0, 0.1) is 0 Å². The Morgan fingerprint density at radius 3 is 1.87 bits per heavy atom. The van der Waals surface area contributed by atoms with Crippen LogP contribution in [0.5, 0.6) is 23.0 Å². The van der Waals surface area contributed by atoms with Gasteiger partial charge in [-0.1, -0.05) is 37.3 Å². The van der Waals surface area contributed by atoms with Gasteiger partial charge in [-0.2, -0.15) is 0 Å². The van der Waals surface area contributed by atoms with Gasteiger partial charge in [0, 0.05) is 0 Å². The summed E-state index contributed by atoms with van der Waals surface area (Å²) in [6, 6.07) is 19.0. The minimum absolute atomic E-state index is 0.615. The molecule has 0 aliphatic heterocycles. The SMILES string of the molecule is CCc1cccc(CCCc2ccc(OC)cc2)c1-c1cc(OC)c(OC)c(OC)c1. The molecular weight excluding hydrogens is 388 g/mol. The number of hydrogen-bond acceptors (Lipinski definition) is 4. The van der Waals surface area contributed by atoms with Gasteiger partial charge < -0.3 is 18.9 Å². The lowest BCUT2D eigenvalue weighted by atomic mass is 9.90. The molecule has 0 aromatic heterocycles. The summed E-state index contributed by atoms with van der Waals surface area (Å²) in [5.74, 6) is 2.85. The smallest absolute Gasteiger partial charge is 0.203 e. The molecule has 3 aromatic carbocycles. The molecule has 0 unspecified atom stereocenters. The van der Waals surface area contributed by atoms with E-state index in [1.807, 2.05) is 24.3 Å². The van der Waals surface area contributed by atoms with E-state index in [4.69, 9.17) is 18.9 Å². The number of methoxy groups -OCH3 is 4. The fraction of sp³-hybridized carbons (Fsp3) is 0.333. The van der Waals surface area contributed by atoms with Gasteiger partial charge in [0.25, 0.3) is 0 Å². The van der Waals surface area contributed by atoms with Crippen molar-refractivity contribution in [2.45, 2.75) is 32.6 Å². The highest BCUT2D eigenvalue weighted by Crippen LogP contribution is 2.43. The number of aryl methyl sites for hydroxylation is 3. The van der Waals surface area contributed by atoms with Gasteiger partial charge in [-0.25, -0.2) is 0 Å². The van der Waals surface area contributed by atoms with Crippen molar-refractivity contribution in [1.29, 1.82) is 0 Å². The zero-order chi connectivity index (χ0) is 22.2. The number of benzene rings is 3. The summed E-state index contributed by atoms with van der Waals surface area (Å²) in [4.78, 5) is 0. The van der Waals surface area contributed by atoms with Crippen molar-refractivity contribution < 1.29 is 18.9 Å². The fourth-order valence-electron chi connectivity index (χ4n) is 4.03. The van der Waals surface area contributed by atoms with Gasteiger partial charge in [0.15, 0.2) is 11.5 Å². The molecule has 0 heterocycles. The first-order valence-corrected chi connectivity index (χ1v) is 10.7. The summed E-state index contributed by atoms with van der Waals surface area (Å²) >= 11 is 0. The summed E-state index contributed by atoms with van der Waals surface area (Å²) in [5, 5.41) is 0. The Balaban J connectivity index is 1.92. The van der Waals surface area contributed by atoms with Gasteiger partial charge in [0.05, 0.1) is 28.4 Å². The Bertz CT molecular complexity index is 968. The largest absolute Gasteiger partial charge is 0.497 e. The van der Waals surface area contributed by atoms with Gasteiger partial charge >= 0.3 is 0 Å². The lowest BCUT2D eigenvalue weighted by Crippen LogP contribution is -2.00. The molecule has 0 atom stereocenters. The van der Waals surface area contributed by atoms with Crippen molar-refractivity contribution in [2.24, 2.45) is 0 Å². The molecule has 0 radical (unpaired) electrons. The van der Waals surface area contributed by atoms with Crippen molar-refractivity contribution in [3.63, 3.8) is 0 Å². The number of ether oxygens (including phenoxy) is 4. The maximum absolute atomic E-state index is 5.60. The van der Waals surface area contributed by atoms with E-state index in [1.54, 1.807) is 28.4 Å². The molecule has 4 heteroatoms. The maximum atomic E-state index is 5.60. The molecule has 0 aliphatic rings. The van der Waals surface area contributed by atoms with E-state index in [1.165, 1.54) is 22.3 Å².